The third-order valence-electron chi connectivity index (χ3n) is 3.22. The third kappa shape index (κ3) is 2.92. The molecule has 0 bridgehead atoms. The van der Waals surface area contributed by atoms with Crippen LogP contribution in [-0.2, 0) is 11.3 Å². The Bertz CT molecular complexity index is 422. The van der Waals surface area contributed by atoms with Crippen molar-refractivity contribution >= 4 is 5.78 Å². The highest BCUT2D eigenvalue weighted by atomic mass is 16.1. The molecule has 0 radical (unpaired) electrons. The highest BCUT2D eigenvalue weighted by Crippen LogP contribution is 2.21. The molecule has 0 aliphatic heterocycles. The first-order valence-electron chi connectivity index (χ1n) is 5.99. The number of nitriles is 1. The van der Waals surface area contributed by atoms with Gasteiger partial charge in [0, 0.05) is 13.0 Å². The molecule has 1 fully saturated rings. The van der Waals surface area contributed by atoms with Crippen LogP contribution >= 0.6 is 0 Å². The number of benzene rings is 1. The monoisotopic (exact) mass is 228 g/mol. The lowest BCUT2D eigenvalue weighted by Gasteiger charge is -2.24. The number of Topliss-reactive ketones (excluding diaryl/α,β-unsaturated/α-hetero) is 1. The van der Waals surface area contributed by atoms with Crippen LogP contribution < -0.4 is 0 Å². The minimum atomic E-state index is -0.0464. The van der Waals surface area contributed by atoms with Crippen LogP contribution in [0.2, 0.25) is 0 Å². The fourth-order valence-corrected chi connectivity index (χ4v) is 2.37. The summed E-state index contributed by atoms with van der Waals surface area (Å²) in [6.07, 6.45) is 2.52. The molecular weight excluding hydrogens is 212 g/mol. The van der Waals surface area contributed by atoms with Crippen molar-refractivity contribution in [3.8, 4) is 6.07 Å². The minimum Gasteiger partial charge on any atom is -0.298 e. The van der Waals surface area contributed by atoms with Gasteiger partial charge in [-0.3, -0.25) is 9.69 Å². The molecular formula is C14H16N2O. The quantitative estimate of drug-likeness (QED) is 0.741. The summed E-state index contributed by atoms with van der Waals surface area (Å²) in [7, 11) is 0. The van der Waals surface area contributed by atoms with Crippen LogP contribution in [0, 0.1) is 11.3 Å². The van der Waals surface area contributed by atoms with Crippen LogP contribution in [-0.4, -0.2) is 23.3 Å². The molecule has 88 valence electrons. The summed E-state index contributed by atoms with van der Waals surface area (Å²) in [5.74, 6) is 0.288. The van der Waals surface area contributed by atoms with E-state index >= 15 is 0 Å². The molecule has 1 unspecified atom stereocenters. The lowest BCUT2D eigenvalue weighted by atomic mass is 10.1. The molecule has 1 saturated carbocycles. The standard InChI is InChI=1S/C14H16N2O/c15-9-10-16(13-7-4-8-14(13)17)11-12-5-2-1-3-6-12/h1-3,5-6,13H,4,7-8,10-11H2. The molecule has 0 spiro atoms. The van der Waals surface area contributed by atoms with Crippen LogP contribution in [0.15, 0.2) is 30.3 Å². The molecule has 0 amide bonds. The first-order valence-corrected chi connectivity index (χ1v) is 5.99. The van der Waals surface area contributed by atoms with E-state index in [9.17, 15) is 4.79 Å². The van der Waals surface area contributed by atoms with E-state index in [2.05, 4.69) is 6.07 Å². The summed E-state index contributed by atoms with van der Waals surface area (Å²) in [6.45, 7) is 1.01. The van der Waals surface area contributed by atoms with E-state index in [0.717, 1.165) is 18.4 Å². The summed E-state index contributed by atoms with van der Waals surface area (Å²) in [5, 5.41) is 8.86. The summed E-state index contributed by atoms with van der Waals surface area (Å²) in [4.78, 5) is 13.7. The number of rotatable bonds is 4. The zero-order chi connectivity index (χ0) is 12.1. The second-order valence-corrected chi connectivity index (χ2v) is 4.42. The first-order chi connectivity index (χ1) is 8.31. The number of carbonyl (C=O) groups excluding carboxylic acids is 1. The molecule has 1 aliphatic carbocycles. The van der Waals surface area contributed by atoms with Gasteiger partial charge in [-0.15, -0.1) is 0 Å². The van der Waals surface area contributed by atoms with Crippen LogP contribution in [0.1, 0.15) is 24.8 Å². The average Bonchev–Trinajstić information content (AvgIpc) is 2.76. The lowest BCUT2D eigenvalue weighted by molar-refractivity contribution is -0.121. The first kappa shape index (κ1) is 11.8. The van der Waals surface area contributed by atoms with Crippen molar-refractivity contribution in [2.24, 2.45) is 0 Å². The van der Waals surface area contributed by atoms with Gasteiger partial charge in [0.1, 0.15) is 5.78 Å². The average molecular weight is 228 g/mol. The summed E-state index contributed by atoms with van der Waals surface area (Å²) >= 11 is 0. The van der Waals surface area contributed by atoms with Gasteiger partial charge >= 0.3 is 0 Å². The molecule has 1 aliphatic rings. The van der Waals surface area contributed by atoms with Crippen molar-refractivity contribution in [3.05, 3.63) is 35.9 Å². The van der Waals surface area contributed by atoms with Crippen LogP contribution in [0.3, 0.4) is 0 Å². The highest BCUT2D eigenvalue weighted by Gasteiger charge is 2.29. The smallest absolute Gasteiger partial charge is 0.150 e. The second kappa shape index (κ2) is 5.60. The largest absolute Gasteiger partial charge is 0.298 e. The van der Waals surface area contributed by atoms with Gasteiger partial charge in [0.25, 0.3) is 0 Å². The summed E-state index contributed by atoms with van der Waals surface area (Å²) < 4.78 is 0. The predicted octanol–water partition coefficient (Wildman–Crippen LogP) is 2.13. The van der Waals surface area contributed by atoms with E-state index in [1.165, 1.54) is 0 Å². The molecule has 1 aromatic rings. The van der Waals surface area contributed by atoms with Crippen molar-refractivity contribution in [3.63, 3.8) is 0 Å². The number of carbonyl (C=O) groups is 1. The van der Waals surface area contributed by atoms with Gasteiger partial charge in [0.15, 0.2) is 0 Å². The Morgan fingerprint density at radius 3 is 2.71 bits per heavy atom. The number of nitrogens with zero attached hydrogens (tertiary/aromatic N) is 2. The normalized spacial score (nSPS) is 19.5. The van der Waals surface area contributed by atoms with Crippen molar-refractivity contribution in [2.45, 2.75) is 31.8 Å². The van der Waals surface area contributed by atoms with Crippen molar-refractivity contribution in [2.75, 3.05) is 6.54 Å². The van der Waals surface area contributed by atoms with Crippen molar-refractivity contribution < 1.29 is 4.79 Å². The number of ketones is 1. The Balaban J connectivity index is 2.07. The Hall–Kier alpha value is -1.66. The molecule has 1 atom stereocenters. The Morgan fingerprint density at radius 1 is 1.35 bits per heavy atom. The molecule has 0 aromatic heterocycles. The van der Waals surface area contributed by atoms with E-state index in [0.29, 0.717) is 19.5 Å². The maximum absolute atomic E-state index is 11.7. The molecule has 0 saturated heterocycles. The maximum atomic E-state index is 11.7. The Morgan fingerprint density at radius 2 is 2.12 bits per heavy atom. The summed E-state index contributed by atoms with van der Waals surface area (Å²) in [5.41, 5.74) is 1.16. The van der Waals surface area contributed by atoms with Crippen LogP contribution in [0.25, 0.3) is 0 Å². The fourth-order valence-electron chi connectivity index (χ4n) is 2.37. The van der Waals surface area contributed by atoms with Gasteiger partial charge in [0.05, 0.1) is 18.7 Å². The van der Waals surface area contributed by atoms with E-state index in [1.807, 2.05) is 35.2 Å². The van der Waals surface area contributed by atoms with E-state index < -0.39 is 0 Å². The zero-order valence-electron chi connectivity index (χ0n) is 9.80. The number of hydrogen-bond acceptors (Lipinski definition) is 3. The lowest BCUT2D eigenvalue weighted by Crippen LogP contribution is -2.37. The van der Waals surface area contributed by atoms with Gasteiger partial charge < -0.3 is 0 Å². The predicted molar refractivity (Wildman–Crippen MR) is 65.1 cm³/mol. The minimum absolute atomic E-state index is 0.0464. The van der Waals surface area contributed by atoms with Gasteiger partial charge in [-0.05, 0) is 18.4 Å². The van der Waals surface area contributed by atoms with E-state index in [4.69, 9.17) is 5.26 Å². The Kier molecular flexibility index (Phi) is 3.89. The topological polar surface area (TPSA) is 44.1 Å². The van der Waals surface area contributed by atoms with Gasteiger partial charge in [0.2, 0.25) is 0 Å². The SMILES string of the molecule is N#CCN(Cc1ccccc1)C1CCCC1=O. The molecule has 3 nitrogen and oxygen atoms in total. The van der Waals surface area contributed by atoms with Crippen LogP contribution in [0.4, 0.5) is 0 Å². The van der Waals surface area contributed by atoms with Crippen molar-refractivity contribution in [1.29, 1.82) is 5.26 Å². The number of hydrogen-bond donors (Lipinski definition) is 0. The zero-order valence-corrected chi connectivity index (χ0v) is 9.80. The molecule has 0 heterocycles. The Labute approximate surface area is 102 Å². The molecule has 0 N–H and O–H groups in total. The third-order valence-corrected chi connectivity index (χ3v) is 3.22. The van der Waals surface area contributed by atoms with E-state index in [-0.39, 0.29) is 11.8 Å². The molecule has 1 aromatic carbocycles. The summed E-state index contributed by atoms with van der Waals surface area (Å²) in [6, 6.07) is 12.1. The molecule has 17 heavy (non-hydrogen) atoms. The van der Waals surface area contributed by atoms with Gasteiger partial charge in [-0.25, -0.2) is 0 Å². The second-order valence-electron chi connectivity index (χ2n) is 4.42. The van der Waals surface area contributed by atoms with Crippen LogP contribution in [0.5, 0.6) is 0 Å². The van der Waals surface area contributed by atoms with Gasteiger partial charge in [-0.2, -0.15) is 5.26 Å². The van der Waals surface area contributed by atoms with Crippen molar-refractivity contribution in [1.82, 2.24) is 4.90 Å². The van der Waals surface area contributed by atoms with Gasteiger partial charge in [-0.1, -0.05) is 30.3 Å². The highest BCUT2D eigenvalue weighted by molar-refractivity contribution is 5.85. The fraction of sp³-hybridized carbons (Fsp3) is 0.429. The van der Waals surface area contributed by atoms with E-state index in [1.54, 1.807) is 0 Å². The molecule has 3 heteroatoms. The maximum Gasteiger partial charge on any atom is 0.150 e. The molecule has 2 rings (SSSR count).